The van der Waals surface area contributed by atoms with E-state index < -0.39 is 0 Å². The molecule has 2 saturated heterocycles. The Morgan fingerprint density at radius 2 is 1.88 bits per heavy atom. The molecule has 25 heavy (non-hydrogen) atoms. The first-order chi connectivity index (χ1) is 12.2. The summed E-state index contributed by atoms with van der Waals surface area (Å²) in [4.78, 5) is 19.3. The van der Waals surface area contributed by atoms with Gasteiger partial charge in [-0.05, 0) is 24.6 Å². The summed E-state index contributed by atoms with van der Waals surface area (Å²) in [6.07, 6.45) is 0. The average Bonchev–Trinajstić information content (AvgIpc) is 2.65. The van der Waals surface area contributed by atoms with Gasteiger partial charge in [0.15, 0.2) is 0 Å². The van der Waals surface area contributed by atoms with Crippen molar-refractivity contribution in [2.45, 2.75) is 19.5 Å². The standard InChI is InChI=1S/C19H30N4O2/c1-16-13-20-7-8-23(16)15-19(24)22-11-9-21(10-12-22)14-17-3-5-18(25-2)6-4-17/h3-6,16,20H,7-15H2,1-2H3/t16-/m0/s1. The molecule has 1 amide bonds. The number of hydrogen-bond donors (Lipinski definition) is 1. The first-order valence-corrected chi connectivity index (χ1v) is 9.23. The van der Waals surface area contributed by atoms with Crippen molar-refractivity contribution in [2.24, 2.45) is 0 Å². The lowest BCUT2D eigenvalue weighted by molar-refractivity contribution is -0.135. The average molecular weight is 346 g/mol. The number of benzene rings is 1. The van der Waals surface area contributed by atoms with Gasteiger partial charge in [0, 0.05) is 58.4 Å². The number of nitrogens with one attached hydrogen (secondary N) is 1. The van der Waals surface area contributed by atoms with E-state index >= 15 is 0 Å². The monoisotopic (exact) mass is 346 g/mol. The van der Waals surface area contributed by atoms with Gasteiger partial charge in [-0.1, -0.05) is 12.1 Å². The Morgan fingerprint density at radius 3 is 2.52 bits per heavy atom. The van der Waals surface area contributed by atoms with Crippen LogP contribution in [0.15, 0.2) is 24.3 Å². The molecule has 6 heteroatoms. The van der Waals surface area contributed by atoms with Gasteiger partial charge in [0.2, 0.25) is 5.91 Å². The van der Waals surface area contributed by atoms with E-state index in [-0.39, 0.29) is 5.91 Å². The van der Waals surface area contributed by atoms with Crippen LogP contribution < -0.4 is 10.1 Å². The molecule has 0 radical (unpaired) electrons. The third kappa shape index (κ3) is 4.93. The lowest BCUT2D eigenvalue weighted by atomic mass is 10.2. The van der Waals surface area contributed by atoms with Gasteiger partial charge < -0.3 is 15.0 Å². The minimum atomic E-state index is 0.276. The molecule has 0 saturated carbocycles. The van der Waals surface area contributed by atoms with Gasteiger partial charge in [-0.25, -0.2) is 0 Å². The van der Waals surface area contributed by atoms with E-state index in [9.17, 15) is 4.79 Å². The van der Waals surface area contributed by atoms with Crippen molar-refractivity contribution in [2.75, 3.05) is 59.5 Å². The number of ether oxygens (including phenoxy) is 1. The van der Waals surface area contributed by atoms with Gasteiger partial charge in [-0.2, -0.15) is 0 Å². The van der Waals surface area contributed by atoms with Crippen LogP contribution in [0.3, 0.4) is 0 Å². The van der Waals surface area contributed by atoms with Gasteiger partial charge in [-0.15, -0.1) is 0 Å². The number of carbonyl (C=O) groups is 1. The Labute approximate surface area is 150 Å². The van der Waals surface area contributed by atoms with E-state index in [0.717, 1.165) is 58.1 Å². The Kier molecular flexibility index (Phi) is 6.29. The van der Waals surface area contributed by atoms with Gasteiger partial charge in [0.05, 0.1) is 13.7 Å². The fraction of sp³-hybridized carbons (Fsp3) is 0.632. The molecule has 3 rings (SSSR count). The number of methoxy groups -OCH3 is 1. The highest BCUT2D eigenvalue weighted by Crippen LogP contribution is 2.14. The quantitative estimate of drug-likeness (QED) is 0.848. The predicted molar refractivity (Wildman–Crippen MR) is 98.8 cm³/mol. The summed E-state index contributed by atoms with van der Waals surface area (Å²) >= 11 is 0. The highest BCUT2D eigenvalue weighted by molar-refractivity contribution is 5.78. The van der Waals surface area contributed by atoms with Crippen molar-refractivity contribution < 1.29 is 9.53 Å². The minimum absolute atomic E-state index is 0.276. The van der Waals surface area contributed by atoms with Crippen LogP contribution in [-0.4, -0.2) is 86.1 Å². The molecule has 2 aliphatic rings. The second-order valence-corrected chi connectivity index (χ2v) is 7.03. The molecule has 0 unspecified atom stereocenters. The summed E-state index contributed by atoms with van der Waals surface area (Å²) in [6.45, 7) is 10.1. The molecule has 2 fully saturated rings. The zero-order valence-corrected chi connectivity index (χ0v) is 15.4. The van der Waals surface area contributed by atoms with Crippen LogP contribution >= 0.6 is 0 Å². The van der Waals surface area contributed by atoms with Crippen LogP contribution in [0, 0.1) is 0 Å². The summed E-state index contributed by atoms with van der Waals surface area (Å²) in [5, 5.41) is 3.37. The molecule has 138 valence electrons. The van der Waals surface area contributed by atoms with E-state index in [1.807, 2.05) is 17.0 Å². The number of nitrogens with zero attached hydrogens (tertiary/aromatic N) is 3. The summed E-state index contributed by atoms with van der Waals surface area (Å²) in [7, 11) is 1.69. The van der Waals surface area contributed by atoms with Crippen molar-refractivity contribution >= 4 is 5.91 Å². The molecule has 2 heterocycles. The smallest absolute Gasteiger partial charge is 0.236 e. The van der Waals surface area contributed by atoms with E-state index in [4.69, 9.17) is 4.74 Å². The van der Waals surface area contributed by atoms with Crippen molar-refractivity contribution in [1.82, 2.24) is 20.0 Å². The molecule has 1 N–H and O–H groups in total. The minimum Gasteiger partial charge on any atom is -0.497 e. The molecule has 0 aliphatic carbocycles. The lowest BCUT2D eigenvalue weighted by Gasteiger charge is -2.38. The third-order valence-electron chi connectivity index (χ3n) is 5.27. The predicted octanol–water partition coefficient (Wildman–Crippen LogP) is 0.633. The van der Waals surface area contributed by atoms with Gasteiger partial charge in [0.25, 0.3) is 0 Å². The molecule has 0 spiro atoms. The Hall–Kier alpha value is -1.63. The van der Waals surface area contributed by atoms with Crippen LogP contribution in [-0.2, 0) is 11.3 Å². The van der Waals surface area contributed by atoms with Gasteiger partial charge >= 0.3 is 0 Å². The van der Waals surface area contributed by atoms with E-state index in [0.29, 0.717) is 12.6 Å². The molecule has 1 aromatic carbocycles. The van der Waals surface area contributed by atoms with Crippen LogP contribution in [0.5, 0.6) is 5.75 Å². The topological polar surface area (TPSA) is 48.1 Å². The van der Waals surface area contributed by atoms with Crippen LogP contribution in [0.2, 0.25) is 0 Å². The highest BCUT2D eigenvalue weighted by atomic mass is 16.5. The first kappa shape index (κ1) is 18.2. The molecule has 1 atom stereocenters. The second-order valence-electron chi connectivity index (χ2n) is 7.03. The Morgan fingerprint density at radius 1 is 1.16 bits per heavy atom. The maximum Gasteiger partial charge on any atom is 0.236 e. The summed E-state index contributed by atoms with van der Waals surface area (Å²) in [6, 6.07) is 8.67. The number of piperazine rings is 2. The van der Waals surface area contributed by atoms with Gasteiger partial charge in [0.1, 0.15) is 5.75 Å². The highest BCUT2D eigenvalue weighted by Gasteiger charge is 2.25. The van der Waals surface area contributed by atoms with Crippen molar-refractivity contribution in [3.8, 4) is 5.75 Å². The summed E-state index contributed by atoms with van der Waals surface area (Å²) in [5.74, 6) is 1.17. The lowest BCUT2D eigenvalue weighted by Crippen LogP contribution is -2.55. The molecule has 6 nitrogen and oxygen atoms in total. The molecule has 1 aromatic rings. The van der Waals surface area contributed by atoms with Crippen LogP contribution in [0.4, 0.5) is 0 Å². The summed E-state index contributed by atoms with van der Waals surface area (Å²) in [5.41, 5.74) is 1.29. The van der Waals surface area contributed by atoms with Crippen molar-refractivity contribution in [3.63, 3.8) is 0 Å². The zero-order chi connectivity index (χ0) is 17.6. The van der Waals surface area contributed by atoms with Crippen LogP contribution in [0.25, 0.3) is 0 Å². The Balaban J connectivity index is 1.43. The molecule has 0 aromatic heterocycles. The van der Waals surface area contributed by atoms with E-state index in [1.54, 1.807) is 7.11 Å². The number of amides is 1. The molecule has 2 aliphatic heterocycles. The number of carbonyl (C=O) groups excluding carboxylic acids is 1. The molecular formula is C19H30N4O2. The Bertz CT molecular complexity index is 555. The molecule has 0 bridgehead atoms. The van der Waals surface area contributed by atoms with Gasteiger partial charge in [-0.3, -0.25) is 14.6 Å². The third-order valence-corrected chi connectivity index (χ3v) is 5.27. The second kappa shape index (κ2) is 8.65. The SMILES string of the molecule is COc1ccc(CN2CCN(C(=O)CN3CCNC[C@@H]3C)CC2)cc1. The normalized spacial score (nSPS) is 22.8. The molecular weight excluding hydrogens is 316 g/mol. The maximum absolute atomic E-state index is 12.6. The maximum atomic E-state index is 12.6. The van der Waals surface area contributed by atoms with Crippen LogP contribution in [0.1, 0.15) is 12.5 Å². The summed E-state index contributed by atoms with van der Waals surface area (Å²) < 4.78 is 5.20. The van der Waals surface area contributed by atoms with E-state index in [2.05, 4.69) is 34.2 Å². The van der Waals surface area contributed by atoms with Crippen molar-refractivity contribution in [3.05, 3.63) is 29.8 Å². The first-order valence-electron chi connectivity index (χ1n) is 9.23. The fourth-order valence-electron chi connectivity index (χ4n) is 3.54. The van der Waals surface area contributed by atoms with E-state index in [1.165, 1.54) is 5.56 Å². The fourth-order valence-corrected chi connectivity index (χ4v) is 3.54. The number of hydrogen-bond acceptors (Lipinski definition) is 5. The zero-order valence-electron chi connectivity index (χ0n) is 15.4. The number of rotatable bonds is 5. The van der Waals surface area contributed by atoms with Crippen molar-refractivity contribution in [1.29, 1.82) is 0 Å². The largest absolute Gasteiger partial charge is 0.497 e.